The third-order valence-electron chi connectivity index (χ3n) is 4.00. The van der Waals surface area contributed by atoms with E-state index in [2.05, 4.69) is 39.2 Å². The minimum absolute atomic E-state index is 0.187. The van der Waals surface area contributed by atoms with E-state index in [1.54, 1.807) is 4.57 Å². The van der Waals surface area contributed by atoms with E-state index in [0.717, 1.165) is 18.4 Å². The maximum atomic E-state index is 12.3. The predicted octanol–water partition coefficient (Wildman–Crippen LogP) is 1.63. The van der Waals surface area contributed by atoms with Crippen LogP contribution in [0.1, 0.15) is 17.5 Å². The minimum Gasteiger partial charge on any atom is -0.463 e. The van der Waals surface area contributed by atoms with Crippen molar-refractivity contribution in [1.29, 1.82) is 0 Å². The van der Waals surface area contributed by atoms with Crippen LogP contribution in [0.2, 0.25) is 0 Å². The van der Waals surface area contributed by atoms with Crippen LogP contribution in [0.25, 0.3) is 11.2 Å². The second kappa shape index (κ2) is 5.84. The maximum absolute atomic E-state index is 12.3. The van der Waals surface area contributed by atoms with Crippen molar-refractivity contribution in [2.24, 2.45) is 0 Å². The molecule has 3 aromatic rings. The van der Waals surface area contributed by atoms with Crippen LogP contribution < -0.4 is 16.2 Å². The lowest BCUT2D eigenvalue weighted by Gasteiger charge is -2.08. The summed E-state index contributed by atoms with van der Waals surface area (Å²) in [5.74, 6) is 0.210. The number of nitrogens with one attached hydrogen (secondary N) is 1. The number of benzene rings is 1. The van der Waals surface area contributed by atoms with Crippen LogP contribution in [0, 0.1) is 0 Å². The number of allylic oxidation sites excluding steroid dienone is 1. The zero-order chi connectivity index (χ0) is 16.5. The minimum atomic E-state index is -0.263. The monoisotopic (exact) mass is 323 g/mol. The number of aromatic amines is 1. The van der Waals surface area contributed by atoms with Crippen LogP contribution in [0.3, 0.4) is 0 Å². The Morgan fingerprint density at radius 3 is 3.00 bits per heavy atom. The van der Waals surface area contributed by atoms with E-state index >= 15 is 0 Å². The average molecular weight is 323 g/mol. The smallest absolute Gasteiger partial charge is 0.328 e. The van der Waals surface area contributed by atoms with Gasteiger partial charge in [0.15, 0.2) is 11.5 Å². The molecular formula is C17H17N5O2. The van der Waals surface area contributed by atoms with Crippen LogP contribution in [-0.4, -0.2) is 26.1 Å². The number of fused-ring (bicyclic) bond motifs is 3. The van der Waals surface area contributed by atoms with E-state index < -0.39 is 0 Å². The first-order valence-corrected chi connectivity index (χ1v) is 7.82. The fourth-order valence-electron chi connectivity index (χ4n) is 2.84. The Kier molecular flexibility index (Phi) is 3.53. The third kappa shape index (κ3) is 2.64. The number of H-pyrrole nitrogens is 1. The first kappa shape index (κ1) is 14.5. The van der Waals surface area contributed by atoms with E-state index in [0.29, 0.717) is 24.3 Å². The molecule has 0 spiro atoms. The number of rotatable bonds is 0. The predicted molar refractivity (Wildman–Crippen MR) is 91.1 cm³/mol. The number of hydrogen-bond acceptors (Lipinski definition) is 5. The molecule has 0 radical (unpaired) electrons. The van der Waals surface area contributed by atoms with E-state index in [1.807, 2.05) is 12.1 Å². The van der Waals surface area contributed by atoms with Gasteiger partial charge in [-0.15, -0.1) is 0 Å². The van der Waals surface area contributed by atoms with Crippen molar-refractivity contribution in [2.45, 2.75) is 19.4 Å². The van der Waals surface area contributed by atoms with E-state index in [-0.39, 0.29) is 17.5 Å². The molecule has 7 nitrogen and oxygen atoms in total. The largest absolute Gasteiger partial charge is 0.463 e. The van der Waals surface area contributed by atoms with Gasteiger partial charge in [-0.05, 0) is 24.0 Å². The molecule has 2 aromatic heterocycles. The summed E-state index contributed by atoms with van der Waals surface area (Å²) < 4.78 is 7.13. The molecule has 0 amide bonds. The standard InChI is InChI=1S/C17H17N5O2/c18-14-13-15-21-16(20-14)24-8-3-1-2-5-11-6-4-7-12(9-11)10-22(15)17(23)19-13/h1-2,4,6-7,9H,3,5,8,10H2,(H,19,23)(H2,18,20,21). The van der Waals surface area contributed by atoms with Crippen molar-refractivity contribution < 1.29 is 4.74 Å². The Labute approximate surface area is 137 Å². The second-order valence-electron chi connectivity index (χ2n) is 5.74. The fraction of sp³-hybridized carbons (Fsp3) is 0.235. The molecule has 3 N–H and O–H groups in total. The van der Waals surface area contributed by atoms with Crippen molar-refractivity contribution in [2.75, 3.05) is 12.3 Å². The summed E-state index contributed by atoms with van der Waals surface area (Å²) in [6.07, 6.45) is 5.79. The van der Waals surface area contributed by atoms with Gasteiger partial charge < -0.3 is 15.5 Å². The quantitative estimate of drug-likeness (QED) is 0.613. The molecule has 1 aliphatic rings. The van der Waals surface area contributed by atoms with Gasteiger partial charge in [-0.1, -0.05) is 36.4 Å². The summed E-state index contributed by atoms with van der Waals surface area (Å²) in [5, 5.41) is 0. The molecule has 122 valence electrons. The molecular weight excluding hydrogens is 306 g/mol. The lowest BCUT2D eigenvalue weighted by molar-refractivity contribution is 0.300. The Morgan fingerprint density at radius 2 is 2.08 bits per heavy atom. The third-order valence-corrected chi connectivity index (χ3v) is 4.00. The van der Waals surface area contributed by atoms with Gasteiger partial charge in [-0.3, -0.25) is 4.57 Å². The highest BCUT2D eigenvalue weighted by Gasteiger charge is 2.15. The molecule has 3 heterocycles. The van der Waals surface area contributed by atoms with E-state index in [9.17, 15) is 4.79 Å². The highest BCUT2D eigenvalue weighted by Crippen LogP contribution is 2.19. The molecule has 24 heavy (non-hydrogen) atoms. The van der Waals surface area contributed by atoms with Crippen molar-refractivity contribution in [1.82, 2.24) is 19.5 Å². The van der Waals surface area contributed by atoms with Crippen molar-refractivity contribution in [3.05, 3.63) is 58.0 Å². The fourth-order valence-corrected chi connectivity index (χ4v) is 2.84. The molecule has 0 aliphatic carbocycles. The van der Waals surface area contributed by atoms with Crippen molar-refractivity contribution >= 4 is 17.0 Å². The summed E-state index contributed by atoms with van der Waals surface area (Å²) in [6.45, 7) is 0.864. The zero-order valence-electron chi connectivity index (χ0n) is 13.0. The highest BCUT2D eigenvalue weighted by atomic mass is 16.5. The van der Waals surface area contributed by atoms with Gasteiger partial charge in [-0.2, -0.15) is 9.97 Å². The van der Waals surface area contributed by atoms with Crippen molar-refractivity contribution in [3.63, 3.8) is 0 Å². The lowest BCUT2D eigenvalue weighted by atomic mass is 10.1. The average Bonchev–Trinajstić information content (AvgIpc) is 2.88. The molecule has 0 unspecified atom stereocenters. The first-order valence-electron chi connectivity index (χ1n) is 7.82. The zero-order valence-corrected chi connectivity index (χ0v) is 13.0. The first-order chi connectivity index (χ1) is 11.7. The topological polar surface area (TPSA) is 98.8 Å². The summed E-state index contributed by atoms with van der Waals surface area (Å²) in [6, 6.07) is 8.36. The second-order valence-corrected chi connectivity index (χ2v) is 5.74. The van der Waals surface area contributed by atoms with Gasteiger partial charge in [-0.25, -0.2) is 4.79 Å². The summed E-state index contributed by atoms with van der Waals surface area (Å²) in [4.78, 5) is 23.5. The van der Waals surface area contributed by atoms with E-state index in [1.165, 1.54) is 5.56 Å². The maximum Gasteiger partial charge on any atom is 0.328 e. The molecule has 1 aromatic carbocycles. The molecule has 0 atom stereocenters. The van der Waals surface area contributed by atoms with Gasteiger partial charge in [0.25, 0.3) is 0 Å². The van der Waals surface area contributed by atoms with Gasteiger partial charge in [0.2, 0.25) is 0 Å². The molecule has 0 saturated carbocycles. The SMILES string of the molecule is Nc1nc2nc3c1[nH]c(=O)n3Cc1cccc(c1)CC=CCCO2. The van der Waals surface area contributed by atoms with Crippen LogP contribution in [0.5, 0.6) is 6.01 Å². The molecule has 0 fully saturated rings. The Morgan fingerprint density at radius 1 is 1.21 bits per heavy atom. The number of ether oxygens (including phenoxy) is 1. The summed E-state index contributed by atoms with van der Waals surface area (Å²) >= 11 is 0. The number of nitrogens with zero attached hydrogens (tertiary/aromatic N) is 3. The van der Waals surface area contributed by atoms with Crippen LogP contribution >= 0.6 is 0 Å². The number of nitrogens with two attached hydrogens (primary N) is 1. The number of nitrogen functional groups attached to an aromatic ring is 1. The van der Waals surface area contributed by atoms with Gasteiger partial charge >= 0.3 is 11.7 Å². The van der Waals surface area contributed by atoms with Crippen LogP contribution in [0.15, 0.2) is 41.2 Å². The van der Waals surface area contributed by atoms with Gasteiger partial charge in [0, 0.05) is 0 Å². The number of anilines is 1. The summed E-state index contributed by atoms with van der Waals surface area (Å²) in [5.41, 5.74) is 8.81. The van der Waals surface area contributed by atoms with Crippen LogP contribution in [0.4, 0.5) is 5.82 Å². The van der Waals surface area contributed by atoms with Crippen LogP contribution in [-0.2, 0) is 13.0 Å². The highest BCUT2D eigenvalue weighted by molar-refractivity contribution is 5.81. The lowest BCUT2D eigenvalue weighted by Crippen LogP contribution is -2.18. The summed E-state index contributed by atoms with van der Waals surface area (Å²) in [7, 11) is 0. The normalized spacial score (nSPS) is 14.5. The Bertz CT molecular complexity index is 986. The molecule has 7 heteroatoms. The number of hydrogen-bond donors (Lipinski definition) is 2. The van der Waals surface area contributed by atoms with Gasteiger partial charge in [0.1, 0.15) is 5.52 Å². The molecule has 1 aliphatic heterocycles. The Hall–Kier alpha value is -3.09. The van der Waals surface area contributed by atoms with E-state index in [4.69, 9.17) is 10.5 Å². The Balaban J connectivity index is 1.89. The molecule has 4 bridgehead atoms. The number of imidazole rings is 1. The number of aromatic nitrogens is 4. The van der Waals surface area contributed by atoms with Gasteiger partial charge in [0.05, 0.1) is 13.2 Å². The van der Waals surface area contributed by atoms with Crippen molar-refractivity contribution in [3.8, 4) is 6.01 Å². The molecule has 4 rings (SSSR count). The molecule has 0 saturated heterocycles.